The van der Waals surface area contributed by atoms with Crippen molar-refractivity contribution in [1.82, 2.24) is 5.32 Å². The topological polar surface area (TPSA) is 64.3 Å². The third kappa shape index (κ3) is 5.29. The SMILES string of the molecule is Nc1ccccc1OCCNC(=O)C1CCCCCCC1. The number of benzene rings is 1. The molecule has 2 rings (SSSR count). The van der Waals surface area contributed by atoms with Gasteiger partial charge in [0.2, 0.25) is 5.91 Å². The summed E-state index contributed by atoms with van der Waals surface area (Å²) in [6.07, 6.45) is 8.25. The molecule has 0 saturated heterocycles. The molecule has 0 unspecified atom stereocenters. The Morgan fingerprint density at radius 2 is 1.81 bits per heavy atom. The second-order valence-corrected chi connectivity index (χ2v) is 5.72. The van der Waals surface area contributed by atoms with Crippen LogP contribution in [0.25, 0.3) is 0 Å². The van der Waals surface area contributed by atoms with Crippen molar-refractivity contribution in [2.45, 2.75) is 44.9 Å². The molecule has 3 N–H and O–H groups in total. The smallest absolute Gasteiger partial charge is 0.223 e. The van der Waals surface area contributed by atoms with Gasteiger partial charge in [-0.2, -0.15) is 0 Å². The average molecular weight is 290 g/mol. The van der Waals surface area contributed by atoms with Crippen LogP contribution in [-0.4, -0.2) is 19.1 Å². The number of carbonyl (C=O) groups excluding carboxylic acids is 1. The first kappa shape index (κ1) is 15.7. The van der Waals surface area contributed by atoms with E-state index in [9.17, 15) is 4.79 Å². The highest BCUT2D eigenvalue weighted by molar-refractivity contribution is 5.78. The fraction of sp³-hybridized carbons (Fsp3) is 0.588. The summed E-state index contributed by atoms with van der Waals surface area (Å²) >= 11 is 0. The summed E-state index contributed by atoms with van der Waals surface area (Å²) in [5.41, 5.74) is 6.43. The van der Waals surface area contributed by atoms with Gasteiger partial charge < -0.3 is 15.8 Å². The molecule has 1 aliphatic rings. The lowest BCUT2D eigenvalue weighted by atomic mass is 9.90. The van der Waals surface area contributed by atoms with E-state index in [-0.39, 0.29) is 11.8 Å². The van der Waals surface area contributed by atoms with E-state index in [2.05, 4.69) is 5.32 Å². The van der Waals surface area contributed by atoms with Crippen LogP contribution in [-0.2, 0) is 4.79 Å². The zero-order valence-corrected chi connectivity index (χ0v) is 12.6. The van der Waals surface area contributed by atoms with Gasteiger partial charge in [0, 0.05) is 5.92 Å². The van der Waals surface area contributed by atoms with Crippen molar-refractivity contribution in [3.05, 3.63) is 24.3 Å². The second-order valence-electron chi connectivity index (χ2n) is 5.72. The van der Waals surface area contributed by atoms with Crippen LogP contribution < -0.4 is 15.8 Å². The van der Waals surface area contributed by atoms with Gasteiger partial charge in [0.15, 0.2) is 0 Å². The van der Waals surface area contributed by atoms with Crippen LogP contribution in [0.3, 0.4) is 0 Å². The van der Waals surface area contributed by atoms with Gasteiger partial charge in [0.05, 0.1) is 12.2 Å². The number of amides is 1. The van der Waals surface area contributed by atoms with Crippen LogP contribution >= 0.6 is 0 Å². The monoisotopic (exact) mass is 290 g/mol. The molecule has 0 aliphatic heterocycles. The number of para-hydroxylation sites is 2. The van der Waals surface area contributed by atoms with Gasteiger partial charge in [-0.05, 0) is 25.0 Å². The number of rotatable bonds is 5. The molecule has 1 aromatic rings. The molecule has 0 atom stereocenters. The molecule has 1 aromatic carbocycles. The molecule has 0 aromatic heterocycles. The van der Waals surface area contributed by atoms with Gasteiger partial charge in [-0.25, -0.2) is 0 Å². The maximum absolute atomic E-state index is 12.2. The molecule has 1 aliphatic carbocycles. The molecule has 1 amide bonds. The molecule has 0 bridgehead atoms. The van der Waals surface area contributed by atoms with E-state index in [1.807, 2.05) is 24.3 Å². The van der Waals surface area contributed by atoms with E-state index in [1.165, 1.54) is 32.1 Å². The van der Waals surface area contributed by atoms with Crippen molar-refractivity contribution in [2.75, 3.05) is 18.9 Å². The minimum Gasteiger partial charge on any atom is -0.490 e. The van der Waals surface area contributed by atoms with Gasteiger partial charge in [-0.3, -0.25) is 4.79 Å². The number of anilines is 1. The van der Waals surface area contributed by atoms with Crippen molar-refractivity contribution in [3.8, 4) is 5.75 Å². The van der Waals surface area contributed by atoms with Gasteiger partial charge in [0.25, 0.3) is 0 Å². The maximum atomic E-state index is 12.2. The third-order valence-corrected chi connectivity index (χ3v) is 4.05. The molecule has 0 heterocycles. The number of nitrogens with one attached hydrogen (secondary N) is 1. The summed E-state index contributed by atoms with van der Waals surface area (Å²) in [6.45, 7) is 0.982. The van der Waals surface area contributed by atoms with Crippen LogP contribution in [0.15, 0.2) is 24.3 Å². The molecule has 0 radical (unpaired) electrons. The predicted molar refractivity (Wildman–Crippen MR) is 85.2 cm³/mol. The fourth-order valence-electron chi connectivity index (χ4n) is 2.81. The summed E-state index contributed by atoms with van der Waals surface area (Å²) in [4.78, 5) is 12.2. The summed E-state index contributed by atoms with van der Waals surface area (Å²) in [5.74, 6) is 1.05. The molecule has 0 spiro atoms. The van der Waals surface area contributed by atoms with E-state index < -0.39 is 0 Å². The highest BCUT2D eigenvalue weighted by Crippen LogP contribution is 2.22. The van der Waals surface area contributed by atoms with Crippen LogP contribution in [0.4, 0.5) is 5.69 Å². The first-order valence-electron chi connectivity index (χ1n) is 8.02. The Balaban J connectivity index is 1.67. The van der Waals surface area contributed by atoms with E-state index in [0.717, 1.165) is 12.8 Å². The van der Waals surface area contributed by atoms with E-state index in [0.29, 0.717) is 24.6 Å². The minimum absolute atomic E-state index is 0.182. The predicted octanol–water partition coefficient (Wildman–Crippen LogP) is 3.12. The lowest BCUT2D eigenvalue weighted by molar-refractivity contribution is -0.125. The number of carbonyl (C=O) groups is 1. The number of ether oxygens (including phenoxy) is 1. The van der Waals surface area contributed by atoms with E-state index in [4.69, 9.17) is 10.5 Å². The average Bonchev–Trinajstić information content (AvgIpc) is 2.44. The van der Waals surface area contributed by atoms with Crippen molar-refractivity contribution >= 4 is 11.6 Å². The Labute approximate surface area is 127 Å². The Morgan fingerprint density at radius 1 is 1.14 bits per heavy atom. The minimum atomic E-state index is 0.182. The zero-order chi connectivity index (χ0) is 14.9. The summed E-state index contributed by atoms with van der Waals surface area (Å²) in [5, 5.41) is 2.99. The van der Waals surface area contributed by atoms with Gasteiger partial charge in [-0.15, -0.1) is 0 Å². The van der Waals surface area contributed by atoms with Crippen LogP contribution in [0.1, 0.15) is 44.9 Å². The first-order chi connectivity index (χ1) is 10.3. The maximum Gasteiger partial charge on any atom is 0.223 e. The van der Waals surface area contributed by atoms with Crippen molar-refractivity contribution in [1.29, 1.82) is 0 Å². The van der Waals surface area contributed by atoms with Gasteiger partial charge >= 0.3 is 0 Å². The number of nitrogen functional groups attached to an aromatic ring is 1. The zero-order valence-electron chi connectivity index (χ0n) is 12.6. The van der Waals surface area contributed by atoms with Gasteiger partial charge in [-0.1, -0.05) is 44.2 Å². The van der Waals surface area contributed by atoms with Crippen molar-refractivity contribution in [2.24, 2.45) is 5.92 Å². The fourth-order valence-corrected chi connectivity index (χ4v) is 2.81. The normalized spacial score (nSPS) is 16.8. The molecule has 4 nitrogen and oxygen atoms in total. The number of nitrogens with two attached hydrogens (primary N) is 1. The number of hydrogen-bond donors (Lipinski definition) is 2. The van der Waals surface area contributed by atoms with Crippen LogP contribution in [0, 0.1) is 5.92 Å². The largest absolute Gasteiger partial charge is 0.490 e. The Bertz CT molecular complexity index is 440. The lowest BCUT2D eigenvalue weighted by Gasteiger charge is -2.19. The van der Waals surface area contributed by atoms with Crippen molar-refractivity contribution in [3.63, 3.8) is 0 Å². The van der Waals surface area contributed by atoms with Crippen molar-refractivity contribution < 1.29 is 9.53 Å². The summed E-state index contributed by atoms with van der Waals surface area (Å²) < 4.78 is 5.58. The molecule has 1 fully saturated rings. The van der Waals surface area contributed by atoms with Gasteiger partial charge in [0.1, 0.15) is 12.4 Å². The standard InChI is InChI=1S/C17H26N2O2/c18-15-10-6-7-11-16(15)21-13-12-19-17(20)14-8-4-2-1-3-5-9-14/h6-7,10-11,14H,1-5,8-9,12-13,18H2,(H,19,20). The number of hydrogen-bond acceptors (Lipinski definition) is 3. The quantitative estimate of drug-likeness (QED) is 0.647. The Hall–Kier alpha value is -1.71. The summed E-state index contributed by atoms with van der Waals surface area (Å²) in [6, 6.07) is 7.41. The Kier molecular flexibility index (Phi) is 6.38. The molecule has 1 saturated carbocycles. The highest BCUT2D eigenvalue weighted by Gasteiger charge is 2.18. The van der Waals surface area contributed by atoms with E-state index in [1.54, 1.807) is 0 Å². The van der Waals surface area contributed by atoms with Crippen LogP contribution in [0.2, 0.25) is 0 Å². The molecule has 4 heteroatoms. The first-order valence-corrected chi connectivity index (χ1v) is 8.02. The lowest BCUT2D eigenvalue weighted by Crippen LogP contribution is -2.34. The summed E-state index contributed by atoms with van der Waals surface area (Å²) in [7, 11) is 0. The van der Waals surface area contributed by atoms with E-state index >= 15 is 0 Å². The molecule has 116 valence electrons. The van der Waals surface area contributed by atoms with Crippen LogP contribution in [0.5, 0.6) is 5.75 Å². The molecule has 21 heavy (non-hydrogen) atoms. The second kappa shape index (κ2) is 8.55. The highest BCUT2D eigenvalue weighted by atomic mass is 16.5. The Morgan fingerprint density at radius 3 is 2.52 bits per heavy atom. The molecular weight excluding hydrogens is 264 g/mol. The molecular formula is C17H26N2O2. The third-order valence-electron chi connectivity index (χ3n) is 4.05.